The highest BCUT2D eigenvalue weighted by molar-refractivity contribution is 5.87. The SMILES string of the molecule is C#Cc1ccc(C(F)(F)F)cc1NC(=O)OC(C)(C)C. The summed E-state index contributed by atoms with van der Waals surface area (Å²) >= 11 is 0. The summed E-state index contributed by atoms with van der Waals surface area (Å²) in [6.07, 6.45) is -0.194. The number of hydrogen-bond acceptors (Lipinski definition) is 2. The van der Waals surface area contributed by atoms with Crippen LogP contribution in [0.5, 0.6) is 0 Å². The van der Waals surface area contributed by atoms with Crippen LogP contribution in [-0.4, -0.2) is 11.7 Å². The van der Waals surface area contributed by atoms with Crippen LogP contribution in [0, 0.1) is 12.3 Å². The zero-order valence-corrected chi connectivity index (χ0v) is 11.3. The first-order valence-electron chi connectivity index (χ1n) is 5.71. The van der Waals surface area contributed by atoms with E-state index >= 15 is 0 Å². The summed E-state index contributed by atoms with van der Waals surface area (Å²) in [5.41, 5.74) is -1.63. The molecule has 0 atom stereocenters. The van der Waals surface area contributed by atoms with E-state index in [4.69, 9.17) is 11.2 Å². The summed E-state index contributed by atoms with van der Waals surface area (Å²) in [7, 11) is 0. The van der Waals surface area contributed by atoms with Gasteiger partial charge in [0.1, 0.15) is 5.60 Å². The normalized spacial score (nSPS) is 11.7. The van der Waals surface area contributed by atoms with Crippen molar-refractivity contribution in [2.24, 2.45) is 0 Å². The fourth-order valence-corrected chi connectivity index (χ4v) is 1.36. The summed E-state index contributed by atoms with van der Waals surface area (Å²) in [6, 6.07) is 2.75. The largest absolute Gasteiger partial charge is 0.444 e. The number of hydrogen-bond donors (Lipinski definition) is 1. The molecule has 1 amide bonds. The number of alkyl halides is 3. The van der Waals surface area contributed by atoms with Crippen LogP contribution in [0.15, 0.2) is 18.2 Å². The number of halogens is 3. The molecule has 20 heavy (non-hydrogen) atoms. The van der Waals surface area contributed by atoms with Gasteiger partial charge in [0.05, 0.1) is 11.3 Å². The fraction of sp³-hybridized carbons (Fsp3) is 0.357. The van der Waals surface area contributed by atoms with E-state index in [0.29, 0.717) is 0 Å². The van der Waals surface area contributed by atoms with Crippen LogP contribution in [-0.2, 0) is 10.9 Å². The van der Waals surface area contributed by atoms with Gasteiger partial charge in [0.15, 0.2) is 0 Å². The Morgan fingerprint density at radius 1 is 1.30 bits per heavy atom. The van der Waals surface area contributed by atoms with E-state index in [1.807, 2.05) is 0 Å². The van der Waals surface area contributed by atoms with Gasteiger partial charge in [0.2, 0.25) is 0 Å². The first kappa shape index (κ1) is 15.9. The number of nitrogens with one attached hydrogen (secondary N) is 1. The molecule has 0 fully saturated rings. The molecule has 0 bridgehead atoms. The Hall–Kier alpha value is -2.16. The lowest BCUT2D eigenvalue weighted by Gasteiger charge is -2.20. The molecule has 3 nitrogen and oxygen atoms in total. The van der Waals surface area contributed by atoms with Crippen molar-refractivity contribution in [1.82, 2.24) is 0 Å². The van der Waals surface area contributed by atoms with Gasteiger partial charge in [-0.2, -0.15) is 13.2 Å². The Kier molecular flexibility index (Phi) is 4.33. The van der Waals surface area contributed by atoms with Crippen LogP contribution >= 0.6 is 0 Å². The highest BCUT2D eigenvalue weighted by Crippen LogP contribution is 2.32. The van der Waals surface area contributed by atoms with Gasteiger partial charge in [-0.15, -0.1) is 6.42 Å². The van der Waals surface area contributed by atoms with E-state index in [9.17, 15) is 18.0 Å². The van der Waals surface area contributed by atoms with Crippen molar-refractivity contribution in [2.45, 2.75) is 32.5 Å². The van der Waals surface area contributed by atoms with Crippen LogP contribution in [0.3, 0.4) is 0 Å². The summed E-state index contributed by atoms with van der Waals surface area (Å²) < 4.78 is 42.8. The molecular formula is C14H14F3NO2. The predicted octanol–water partition coefficient (Wildman–Crippen LogP) is 4.03. The maximum Gasteiger partial charge on any atom is 0.416 e. The van der Waals surface area contributed by atoms with Crippen molar-refractivity contribution < 1.29 is 22.7 Å². The van der Waals surface area contributed by atoms with Crippen molar-refractivity contribution in [3.63, 3.8) is 0 Å². The first-order chi connectivity index (χ1) is 9.03. The van der Waals surface area contributed by atoms with Gasteiger partial charge >= 0.3 is 12.3 Å². The molecule has 6 heteroatoms. The minimum absolute atomic E-state index is 0.114. The van der Waals surface area contributed by atoms with E-state index in [0.717, 1.165) is 18.2 Å². The van der Waals surface area contributed by atoms with Gasteiger partial charge in [0.25, 0.3) is 0 Å². The monoisotopic (exact) mass is 285 g/mol. The van der Waals surface area contributed by atoms with E-state index in [-0.39, 0.29) is 11.3 Å². The van der Waals surface area contributed by atoms with Gasteiger partial charge in [-0.1, -0.05) is 5.92 Å². The third-order valence-electron chi connectivity index (χ3n) is 2.14. The number of anilines is 1. The number of ether oxygens (including phenoxy) is 1. The van der Waals surface area contributed by atoms with Crippen LogP contribution in [0.25, 0.3) is 0 Å². The van der Waals surface area contributed by atoms with Crippen molar-refractivity contribution >= 4 is 11.8 Å². The number of terminal acetylenes is 1. The second-order valence-electron chi connectivity index (χ2n) is 5.03. The minimum atomic E-state index is -4.52. The molecule has 0 aliphatic rings. The molecular weight excluding hydrogens is 271 g/mol. The number of benzene rings is 1. The lowest BCUT2D eigenvalue weighted by Crippen LogP contribution is -2.27. The van der Waals surface area contributed by atoms with E-state index in [1.54, 1.807) is 20.8 Å². The van der Waals surface area contributed by atoms with Crippen LogP contribution in [0.4, 0.5) is 23.7 Å². The summed E-state index contributed by atoms with van der Waals surface area (Å²) in [5, 5.41) is 2.23. The first-order valence-corrected chi connectivity index (χ1v) is 5.71. The molecule has 0 aliphatic heterocycles. The Morgan fingerprint density at radius 3 is 2.35 bits per heavy atom. The number of carbonyl (C=O) groups excluding carboxylic acids is 1. The topological polar surface area (TPSA) is 38.3 Å². The van der Waals surface area contributed by atoms with Gasteiger partial charge < -0.3 is 4.74 Å². The average Bonchev–Trinajstić information content (AvgIpc) is 2.24. The number of amides is 1. The molecule has 0 saturated carbocycles. The Labute approximate surface area is 115 Å². The molecule has 0 unspecified atom stereocenters. The Balaban J connectivity index is 3.04. The van der Waals surface area contributed by atoms with Gasteiger partial charge in [-0.3, -0.25) is 5.32 Å². The highest BCUT2D eigenvalue weighted by atomic mass is 19.4. The molecule has 108 valence electrons. The van der Waals surface area contributed by atoms with Crippen LogP contribution in [0.1, 0.15) is 31.9 Å². The summed E-state index contributed by atoms with van der Waals surface area (Å²) in [6.45, 7) is 4.92. The molecule has 0 aliphatic carbocycles. The van der Waals surface area contributed by atoms with Crippen molar-refractivity contribution in [1.29, 1.82) is 0 Å². The molecule has 1 aromatic rings. The Morgan fingerprint density at radius 2 is 1.90 bits per heavy atom. The highest BCUT2D eigenvalue weighted by Gasteiger charge is 2.31. The minimum Gasteiger partial charge on any atom is -0.444 e. The van der Waals surface area contributed by atoms with Crippen molar-refractivity contribution in [2.75, 3.05) is 5.32 Å². The third kappa shape index (κ3) is 4.50. The quantitative estimate of drug-likeness (QED) is 0.791. The van der Waals surface area contributed by atoms with Crippen molar-refractivity contribution in [3.8, 4) is 12.3 Å². The Bertz CT molecular complexity index is 551. The van der Waals surface area contributed by atoms with Gasteiger partial charge in [-0.05, 0) is 39.0 Å². The van der Waals surface area contributed by atoms with E-state index in [2.05, 4.69) is 11.2 Å². The lowest BCUT2D eigenvalue weighted by atomic mass is 10.1. The molecule has 0 aromatic heterocycles. The molecule has 1 N–H and O–H groups in total. The predicted molar refractivity (Wildman–Crippen MR) is 69.2 cm³/mol. The number of carbonyl (C=O) groups is 1. The van der Waals surface area contributed by atoms with Gasteiger partial charge in [-0.25, -0.2) is 4.79 Å². The van der Waals surface area contributed by atoms with E-state index < -0.39 is 23.4 Å². The molecule has 0 saturated heterocycles. The molecule has 1 aromatic carbocycles. The second-order valence-corrected chi connectivity index (χ2v) is 5.03. The lowest BCUT2D eigenvalue weighted by molar-refractivity contribution is -0.137. The molecule has 0 heterocycles. The maximum absolute atomic E-state index is 12.6. The second kappa shape index (κ2) is 5.45. The number of rotatable bonds is 1. The third-order valence-corrected chi connectivity index (χ3v) is 2.14. The van der Waals surface area contributed by atoms with Crippen LogP contribution in [0.2, 0.25) is 0 Å². The molecule has 1 rings (SSSR count). The zero-order chi connectivity index (χ0) is 15.6. The standard InChI is InChI=1S/C14H14F3NO2/c1-5-9-6-7-10(14(15,16)17)8-11(9)18-12(19)20-13(2,3)4/h1,6-8H,2-4H3,(H,18,19). The smallest absolute Gasteiger partial charge is 0.416 e. The average molecular weight is 285 g/mol. The van der Waals surface area contributed by atoms with Gasteiger partial charge in [0, 0.05) is 5.56 Å². The summed E-state index contributed by atoms with van der Waals surface area (Å²) in [4.78, 5) is 11.6. The van der Waals surface area contributed by atoms with E-state index in [1.165, 1.54) is 0 Å². The van der Waals surface area contributed by atoms with Crippen LogP contribution < -0.4 is 5.32 Å². The maximum atomic E-state index is 12.6. The molecule has 0 radical (unpaired) electrons. The van der Waals surface area contributed by atoms with Crippen molar-refractivity contribution in [3.05, 3.63) is 29.3 Å². The summed E-state index contributed by atoms with van der Waals surface area (Å²) in [5.74, 6) is 2.20. The zero-order valence-electron chi connectivity index (χ0n) is 11.3. The molecule has 0 spiro atoms. The fourth-order valence-electron chi connectivity index (χ4n) is 1.36.